The van der Waals surface area contributed by atoms with Crippen molar-refractivity contribution < 1.29 is 13.5 Å². The van der Waals surface area contributed by atoms with Gasteiger partial charge in [0.25, 0.3) is 0 Å². The van der Waals surface area contributed by atoms with Gasteiger partial charge in [0, 0.05) is 23.7 Å². The molecule has 0 fully saturated rings. The minimum atomic E-state index is -0.346. The van der Waals surface area contributed by atoms with Gasteiger partial charge in [0.2, 0.25) is 0 Å². The molecule has 1 heterocycles. The molecule has 0 saturated carbocycles. The fourth-order valence-corrected chi connectivity index (χ4v) is 1.97. The van der Waals surface area contributed by atoms with Crippen LogP contribution in [0.3, 0.4) is 0 Å². The van der Waals surface area contributed by atoms with Gasteiger partial charge in [0.1, 0.15) is 23.9 Å². The molecule has 0 unspecified atom stereocenters. The molecule has 0 aliphatic heterocycles. The Kier molecular flexibility index (Phi) is 5.06. The summed E-state index contributed by atoms with van der Waals surface area (Å²) < 4.78 is 24.8. The van der Waals surface area contributed by atoms with E-state index in [1.165, 1.54) is 6.07 Å². The summed E-state index contributed by atoms with van der Waals surface area (Å²) in [4.78, 5) is 0. The average molecular weight is 356 g/mol. The number of benzene rings is 1. The zero-order valence-electron chi connectivity index (χ0n) is 12.4. The molecule has 3 nitrogen and oxygen atoms in total. The Morgan fingerprint density at radius 3 is 2.71 bits per heavy atom. The van der Waals surface area contributed by atoms with Crippen LogP contribution in [0.15, 0.2) is 39.4 Å². The van der Waals surface area contributed by atoms with E-state index < -0.39 is 0 Å². The van der Waals surface area contributed by atoms with Gasteiger partial charge >= 0.3 is 0 Å². The Morgan fingerprint density at radius 1 is 1.29 bits per heavy atom. The summed E-state index contributed by atoms with van der Waals surface area (Å²) in [7, 11) is 0. The van der Waals surface area contributed by atoms with E-state index in [0.29, 0.717) is 16.8 Å². The predicted molar refractivity (Wildman–Crippen MR) is 83.7 cm³/mol. The highest BCUT2D eigenvalue weighted by molar-refractivity contribution is 9.10. The first-order valence-corrected chi connectivity index (χ1v) is 7.52. The molecule has 0 radical (unpaired) electrons. The Hall–Kier alpha value is -1.33. The van der Waals surface area contributed by atoms with Crippen LogP contribution in [-0.4, -0.2) is 5.54 Å². The smallest absolute Gasteiger partial charge is 0.146 e. The number of rotatable bonds is 5. The van der Waals surface area contributed by atoms with Crippen LogP contribution >= 0.6 is 15.9 Å². The molecule has 1 N–H and O–H groups in total. The van der Waals surface area contributed by atoms with Crippen molar-refractivity contribution >= 4 is 15.9 Å². The van der Waals surface area contributed by atoms with Crippen LogP contribution in [0.2, 0.25) is 0 Å². The lowest BCUT2D eigenvalue weighted by atomic mass is 10.1. The molecule has 0 aliphatic rings. The molecule has 0 saturated heterocycles. The van der Waals surface area contributed by atoms with Crippen molar-refractivity contribution in [3.05, 3.63) is 52.1 Å². The van der Waals surface area contributed by atoms with Crippen LogP contribution in [0.4, 0.5) is 4.39 Å². The third-order valence-electron chi connectivity index (χ3n) is 2.91. The molecule has 2 aromatic rings. The molecule has 0 atom stereocenters. The SMILES string of the molecule is CC(C)(C)NCc1ccoc1COc1ccc(Br)c(F)c1. The number of halogens is 2. The van der Waals surface area contributed by atoms with Gasteiger partial charge in [-0.3, -0.25) is 0 Å². The van der Waals surface area contributed by atoms with E-state index in [1.54, 1.807) is 18.4 Å². The van der Waals surface area contributed by atoms with E-state index >= 15 is 0 Å². The van der Waals surface area contributed by atoms with Crippen LogP contribution in [-0.2, 0) is 13.2 Å². The second kappa shape index (κ2) is 6.62. The first kappa shape index (κ1) is 16.0. The van der Waals surface area contributed by atoms with Crippen molar-refractivity contribution in [1.29, 1.82) is 0 Å². The maximum absolute atomic E-state index is 13.4. The van der Waals surface area contributed by atoms with E-state index in [1.807, 2.05) is 6.07 Å². The quantitative estimate of drug-likeness (QED) is 0.847. The summed E-state index contributed by atoms with van der Waals surface area (Å²) in [5.41, 5.74) is 1.08. The summed E-state index contributed by atoms with van der Waals surface area (Å²) in [6, 6.07) is 6.59. The van der Waals surface area contributed by atoms with Gasteiger partial charge in [0.05, 0.1) is 10.7 Å². The monoisotopic (exact) mass is 355 g/mol. The van der Waals surface area contributed by atoms with Crippen molar-refractivity contribution in [2.45, 2.75) is 39.5 Å². The number of hydrogen-bond donors (Lipinski definition) is 1. The summed E-state index contributed by atoms with van der Waals surface area (Å²) >= 11 is 3.11. The summed E-state index contributed by atoms with van der Waals surface area (Å²) in [6.07, 6.45) is 1.64. The second-order valence-corrected chi connectivity index (χ2v) is 6.69. The lowest BCUT2D eigenvalue weighted by Crippen LogP contribution is -2.35. The molecular weight excluding hydrogens is 337 g/mol. The highest BCUT2D eigenvalue weighted by Crippen LogP contribution is 2.22. The average Bonchev–Trinajstić information content (AvgIpc) is 2.84. The van der Waals surface area contributed by atoms with Crippen LogP contribution in [0, 0.1) is 5.82 Å². The lowest BCUT2D eigenvalue weighted by Gasteiger charge is -2.20. The zero-order valence-corrected chi connectivity index (χ0v) is 14.0. The summed E-state index contributed by atoms with van der Waals surface area (Å²) in [6.45, 7) is 7.29. The van der Waals surface area contributed by atoms with Gasteiger partial charge < -0.3 is 14.5 Å². The van der Waals surface area contributed by atoms with Gasteiger partial charge in [-0.25, -0.2) is 4.39 Å². The van der Waals surface area contributed by atoms with Crippen LogP contribution in [0.25, 0.3) is 0 Å². The Balaban J connectivity index is 1.97. The maximum atomic E-state index is 13.4. The van der Waals surface area contributed by atoms with E-state index in [9.17, 15) is 4.39 Å². The molecule has 0 aliphatic carbocycles. The molecular formula is C16H19BrFNO2. The van der Waals surface area contributed by atoms with Crippen molar-refractivity contribution in [2.24, 2.45) is 0 Å². The Labute approximate surface area is 132 Å². The normalized spacial score (nSPS) is 11.7. The molecule has 114 valence electrons. The lowest BCUT2D eigenvalue weighted by molar-refractivity contribution is 0.266. The van der Waals surface area contributed by atoms with E-state index in [0.717, 1.165) is 11.3 Å². The first-order valence-electron chi connectivity index (χ1n) is 6.73. The minimum Gasteiger partial charge on any atom is -0.486 e. The van der Waals surface area contributed by atoms with E-state index in [4.69, 9.17) is 9.15 Å². The molecule has 2 rings (SSSR count). The molecule has 0 amide bonds. The van der Waals surface area contributed by atoms with E-state index in [-0.39, 0.29) is 18.0 Å². The Bertz CT molecular complexity index is 605. The van der Waals surface area contributed by atoms with Crippen molar-refractivity contribution in [3.63, 3.8) is 0 Å². The maximum Gasteiger partial charge on any atom is 0.146 e. The van der Waals surface area contributed by atoms with Gasteiger partial charge in [-0.15, -0.1) is 0 Å². The molecule has 0 bridgehead atoms. The third kappa shape index (κ3) is 4.86. The largest absolute Gasteiger partial charge is 0.486 e. The minimum absolute atomic E-state index is 0.0320. The van der Waals surface area contributed by atoms with Crippen molar-refractivity contribution in [2.75, 3.05) is 0 Å². The van der Waals surface area contributed by atoms with E-state index in [2.05, 4.69) is 42.0 Å². The predicted octanol–water partition coefficient (Wildman–Crippen LogP) is 4.65. The zero-order chi connectivity index (χ0) is 15.5. The molecule has 21 heavy (non-hydrogen) atoms. The number of ether oxygens (including phenoxy) is 1. The number of furan rings is 1. The second-order valence-electron chi connectivity index (χ2n) is 5.84. The number of nitrogens with one attached hydrogen (secondary N) is 1. The summed E-state index contributed by atoms with van der Waals surface area (Å²) in [5, 5.41) is 3.40. The topological polar surface area (TPSA) is 34.4 Å². The number of hydrogen-bond acceptors (Lipinski definition) is 3. The highest BCUT2D eigenvalue weighted by Gasteiger charge is 2.13. The first-order chi connectivity index (χ1) is 9.85. The van der Waals surface area contributed by atoms with Gasteiger partial charge in [-0.2, -0.15) is 0 Å². The van der Waals surface area contributed by atoms with Gasteiger partial charge in [0.15, 0.2) is 0 Å². The Morgan fingerprint density at radius 2 is 2.05 bits per heavy atom. The molecule has 0 spiro atoms. The van der Waals surface area contributed by atoms with Crippen LogP contribution in [0.1, 0.15) is 32.1 Å². The van der Waals surface area contributed by atoms with Gasteiger partial charge in [-0.1, -0.05) is 0 Å². The standard InChI is InChI=1S/C16H19BrFNO2/c1-16(2,3)19-9-11-6-7-20-15(11)10-21-12-4-5-13(17)14(18)8-12/h4-8,19H,9-10H2,1-3H3. The third-order valence-corrected chi connectivity index (χ3v) is 3.55. The van der Waals surface area contributed by atoms with Crippen LogP contribution in [0.5, 0.6) is 5.75 Å². The molecule has 1 aromatic heterocycles. The van der Waals surface area contributed by atoms with Gasteiger partial charge in [-0.05, 0) is 54.9 Å². The fraction of sp³-hybridized carbons (Fsp3) is 0.375. The van der Waals surface area contributed by atoms with Crippen LogP contribution < -0.4 is 10.1 Å². The molecule has 5 heteroatoms. The fourth-order valence-electron chi connectivity index (χ4n) is 1.73. The van der Waals surface area contributed by atoms with Crippen molar-refractivity contribution in [3.8, 4) is 5.75 Å². The highest BCUT2D eigenvalue weighted by atomic mass is 79.9. The molecule has 1 aromatic carbocycles. The summed E-state index contributed by atoms with van der Waals surface area (Å²) in [5.74, 6) is 0.874. The van der Waals surface area contributed by atoms with Crippen molar-refractivity contribution in [1.82, 2.24) is 5.32 Å².